The van der Waals surface area contributed by atoms with Gasteiger partial charge in [-0.3, -0.25) is 0 Å². The topological polar surface area (TPSA) is 63.9 Å². The summed E-state index contributed by atoms with van der Waals surface area (Å²) in [7, 11) is 1.61. The summed E-state index contributed by atoms with van der Waals surface area (Å²) in [6, 6.07) is 5.50. The number of anilines is 1. The van der Waals surface area contributed by atoms with Gasteiger partial charge in [0.15, 0.2) is 0 Å². The van der Waals surface area contributed by atoms with Crippen LogP contribution in [0.2, 0.25) is 0 Å². The third kappa shape index (κ3) is 1.54. The van der Waals surface area contributed by atoms with Crippen molar-refractivity contribution < 1.29 is 4.74 Å². The standard InChI is InChI=1S/C10H11N3O/c1-14-9-5-7(4-8(11)6-9)10-12-2-3-13-10/h2-6H,11H2,1H3,(H,12,13). The molecule has 0 unspecified atom stereocenters. The number of H-pyrrole nitrogens is 1. The molecule has 0 saturated heterocycles. The molecular formula is C10H11N3O. The first kappa shape index (κ1) is 8.62. The Kier molecular flexibility index (Phi) is 2.10. The van der Waals surface area contributed by atoms with Crippen LogP contribution < -0.4 is 10.5 Å². The number of imidazole rings is 1. The second kappa shape index (κ2) is 3.41. The first-order valence-corrected chi connectivity index (χ1v) is 4.24. The second-order valence-electron chi connectivity index (χ2n) is 2.93. The Morgan fingerprint density at radius 2 is 2.21 bits per heavy atom. The highest BCUT2D eigenvalue weighted by molar-refractivity contribution is 5.64. The van der Waals surface area contributed by atoms with Gasteiger partial charge >= 0.3 is 0 Å². The normalized spacial score (nSPS) is 10.1. The zero-order valence-electron chi connectivity index (χ0n) is 7.82. The average molecular weight is 189 g/mol. The van der Waals surface area contributed by atoms with Crippen molar-refractivity contribution in [3.8, 4) is 17.1 Å². The number of rotatable bonds is 2. The summed E-state index contributed by atoms with van der Waals surface area (Å²) in [5.41, 5.74) is 7.31. The maximum atomic E-state index is 5.72. The fourth-order valence-corrected chi connectivity index (χ4v) is 1.30. The summed E-state index contributed by atoms with van der Waals surface area (Å²) in [5, 5.41) is 0. The summed E-state index contributed by atoms with van der Waals surface area (Å²) in [5.74, 6) is 1.52. The van der Waals surface area contributed by atoms with Gasteiger partial charge in [0.2, 0.25) is 0 Å². The van der Waals surface area contributed by atoms with Gasteiger partial charge in [0, 0.05) is 29.7 Å². The maximum Gasteiger partial charge on any atom is 0.137 e. The fraction of sp³-hybridized carbons (Fsp3) is 0.100. The van der Waals surface area contributed by atoms with Gasteiger partial charge in [-0.25, -0.2) is 4.98 Å². The molecule has 0 aliphatic carbocycles. The van der Waals surface area contributed by atoms with Gasteiger partial charge in [0.1, 0.15) is 11.6 Å². The number of hydrogen-bond acceptors (Lipinski definition) is 3. The van der Waals surface area contributed by atoms with Crippen LogP contribution in [-0.2, 0) is 0 Å². The number of ether oxygens (including phenoxy) is 1. The van der Waals surface area contributed by atoms with Crippen LogP contribution in [0.15, 0.2) is 30.6 Å². The molecular weight excluding hydrogens is 178 g/mol. The van der Waals surface area contributed by atoms with Crippen molar-refractivity contribution in [2.75, 3.05) is 12.8 Å². The number of aromatic amines is 1. The van der Waals surface area contributed by atoms with E-state index in [-0.39, 0.29) is 0 Å². The molecule has 2 aromatic rings. The van der Waals surface area contributed by atoms with E-state index in [1.54, 1.807) is 25.6 Å². The molecule has 2 rings (SSSR count). The average Bonchev–Trinajstić information content (AvgIpc) is 2.69. The summed E-state index contributed by atoms with van der Waals surface area (Å²) >= 11 is 0. The van der Waals surface area contributed by atoms with E-state index in [4.69, 9.17) is 10.5 Å². The monoisotopic (exact) mass is 189 g/mol. The van der Waals surface area contributed by atoms with Crippen LogP contribution in [0.25, 0.3) is 11.4 Å². The van der Waals surface area contributed by atoms with Gasteiger partial charge in [-0.05, 0) is 12.1 Å². The Balaban J connectivity index is 2.48. The van der Waals surface area contributed by atoms with Gasteiger partial charge in [-0.1, -0.05) is 0 Å². The van der Waals surface area contributed by atoms with Crippen LogP contribution >= 0.6 is 0 Å². The van der Waals surface area contributed by atoms with Crippen LogP contribution in [-0.4, -0.2) is 17.1 Å². The zero-order valence-corrected chi connectivity index (χ0v) is 7.82. The van der Waals surface area contributed by atoms with E-state index in [9.17, 15) is 0 Å². The molecule has 72 valence electrons. The number of nitrogens with zero attached hydrogens (tertiary/aromatic N) is 1. The summed E-state index contributed by atoms with van der Waals surface area (Å²) in [6.07, 6.45) is 3.47. The van der Waals surface area contributed by atoms with Gasteiger partial charge in [-0.15, -0.1) is 0 Å². The number of hydrogen-bond donors (Lipinski definition) is 2. The highest BCUT2D eigenvalue weighted by Crippen LogP contribution is 2.24. The van der Waals surface area contributed by atoms with Crippen molar-refractivity contribution in [2.45, 2.75) is 0 Å². The molecule has 0 saturated carbocycles. The number of nitrogens with one attached hydrogen (secondary N) is 1. The first-order valence-electron chi connectivity index (χ1n) is 4.24. The Bertz CT molecular complexity index is 423. The van der Waals surface area contributed by atoms with Crippen LogP contribution in [0.4, 0.5) is 5.69 Å². The predicted octanol–water partition coefficient (Wildman–Crippen LogP) is 1.67. The Morgan fingerprint density at radius 1 is 1.36 bits per heavy atom. The van der Waals surface area contributed by atoms with E-state index in [2.05, 4.69) is 9.97 Å². The van der Waals surface area contributed by atoms with Gasteiger partial charge in [0.05, 0.1) is 7.11 Å². The molecule has 0 aliphatic rings. The Labute approximate surface area is 81.7 Å². The Hall–Kier alpha value is -1.97. The minimum absolute atomic E-state index is 0.663. The molecule has 1 aromatic carbocycles. The number of aromatic nitrogens is 2. The number of benzene rings is 1. The largest absolute Gasteiger partial charge is 0.497 e. The van der Waals surface area contributed by atoms with Gasteiger partial charge in [-0.2, -0.15) is 0 Å². The molecule has 0 bridgehead atoms. The molecule has 1 heterocycles. The zero-order chi connectivity index (χ0) is 9.97. The Morgan fingerprint density at radius 3 is 2.86 bits per heavy atom. The molecule has 0 aliphatic heterocycles. The molecule has 0 amide bonds. The number of methoxy groups -OCH3 is 1. The molecule has 1 aromatic heterocycles. The maximum absolute atomic E-state index is 5.72. The molecule has 0 spiro atoms. The van der Waals surface area contributed by atoms with E-state index < -0.39 is 0 Å². The van der Waals surface area contributed by atoms with Crippen LogP contribution in [0, 0.1) is 0 Å². The molecule has 4 nitrogen and oxygen atoms in total. The second-order valence-corrected chi connectivity index (χ2v) is 2.93. The predicted molar refractivity (Wildman–Crippen MR) is 55.0 cm³/mol. The fourth-order valence-electron chi connectivity index (χ4n) is 1.30. The first-order chi connectivity index (χ1) is 6.79. The van der Waals surface area contributed by atoms with Crippen LogP contribution in [0.5, 0.6) is 5.75 Å². The molecule has 0 atom stereocenters. The van der Waals surface area contributed by atoms with E-state index >= 15 is 0 Å². The highest BCUT2D eigenvalue weighted by Gasteiger charge is 2.03. The van der Waals surface area contributed by atoms with Gasteiger partial charge in [0.25, 0.3) is 0 Å². The van der Waals surface area contributed by atoms with E-state index in [1.165, 1.54) is 0 Å². The van der Waals surface area contributed by atoms with Crippen molar-refractivity contribution >= 4 is 5.69 Å². The van der Waals surface area contributed by atoms with E-state index in [0.717, 1.165) is 17.1 Å². The van der Waals surface area contributed by atoms with Crippen molar-refractivity contribution in [3.05, 3.63) is 30.6 Å². The lowest BCUT2D eigenvalue weighted by atomic mass is 10.2. The third-order valence-electron chi connectivity index (χ3n) is 1.94. The molecule has 14 heavy (non-hydrogen) atoms. The minimum Gasteiger partial charge on any atom is -0.497 e. The van der Waals surface area contributed by atoms with Crippen molar-refractivity contribution in [3.63, 3.8) is 0 Å². The van der Waals surface area contributed by atoms with Crippen molar-refractivity contribution in [1.82, 2.24) is 9.97 Å². The lowest BCUT2D eigenvalue weighted by Gasteiger charge is -2.04. The third-order valence-corrected chi connectivity index (χ3v) is 1.94. The quantitative estimate of drug-likeness (QED) is 0.706. The number of nitrogens with two attached hydrogens (primary N) is 1. The summed E-state index contributed by atoms with van der Waals surface area (Å²) in [4.78, 5) is 7.15. The van der Waals surface area contributed by atoms with Crippen molar-refractivity contribution in [2.24, 2.45) is 0 Å². The molecule has 3 N–H and O–H groups in total. The summed E-state index contributed by atoms with van der Waals surface area (Å²) in [6.45, 7) is 0. The molecule has 0 fully saturated rings. The van der Waals surface area contributed by atoms with Crippen LogP contribution in [0.1, 0.15) is 0 Å². The SMILES string of the molecule is COc1cc(N)cc(-c2ncc[nH]2)c1. The lowest BCUT2D eigenvalue weighted by Crippen LogP contribution is -1.90. The van der Waals surface area contributed by atoms with E-state index in [1.807, 2.05) is 12.1 Å². The van der Waals surface area contributed by atoms with Crippen LogP contribution in [0.3, 0.4) is 0 Å². The summed E-state index contributed by atoms with van der Waals surface area (Å²) < 4.78 is 5.11. The lowest BCUT2D eigenvalue weighted by molar-refractivity contribution is 0.415. The molecule has 0 radical (unpaired) electrons. The smallest absolute Gasteiger partial charge is 0.137 e. The van der Waals surface area contributed by atoms with Crippen molar-refractivity contribution in [1.29, 1.82) is 0 Å². The molecule has 4 heteroatoms. The van der Waals surface area contributed by atoms with Gasteiger partial charge < -0.3 is 15.5 Å². The highest BCUT2D eigenvalue weighted by atomic mass is 16.5. The number of nitrogen functional groups attached to an aromatic ring is 1. The minimum atomic E-state index is 0.663. The van der Waals surface area contributed by atoms with E-state index in [0.29, 0.717) is 5.69 Å².